The molecule has 1 atom stereocenters. The molecule has 0 aliphatic heterocycles. The summed E-state index contributed by atoms with van der Waals surface area (Å²) in [5, 5.41) is 6.53. The first-order chi connectivity index (χ1) is 18.5. The van der Waals surface area contributed by atoms with Gasteiger partial charge in [-0.1, -0.05) is 18.2 Å². The van der Waals surface area contributed by atoms with Crippen LogP contribution in [0.2, 0.25) is 0 Å². The van der Waals surface area contributed by atoms with Gasteiger partial charge in [0.2, 0.25) is 17.8 Å². The molecule has 0 aliphatic rings. The number of rotatable bonds is 9. The summed E-state index contributed by atoms with van der Waals surface area (Å²) in [6, 6.07) is 17.1. The third kappa shape index (κ3) is 5.12. The Morgan fingerprint density at radius 1 is 1.00 bits per heavy atom. The largest absolute Gasteiger partial charge is 0.368 e. The summed E-state index contributed by atoms with van der Waals surface area (Å²) in [6.07, 6.45) is 6.65. The minimum absolute atomic E-state index is 0.0335. The van der Waals surface area contributed by atoms with Crippen LogP contribution in [0.4, 0.5) is 17.6 Å². The first-order valence-electron chi connectivity index (χ1n) is 11.9. The second kappa shape index (κ2) is 10.7. The summed E-state index contributed by atoms with van der Waals surface area (Å²) in [4.78, 5) is 48.2. The van der Waals surface area contributed by atoms with Crippen LogP contribution in [-0.4, -0.2) is 56.4 Å². The van der Waals surface area contributed by atoms with Gasteiger partial charge in [-0.2, -0.15) is 0 Å². The van der Waals surface area contributed by atoms with Gasteiger partial charge in [0.05, 0.1) is 17.8 Å². The zero-order valence-corrected chi connectivity index (χ0v) is 20.5. The molecule has 38 heavy (non-hydrogen) atoms. The Bertz CT molecular complexity index is 1530. The predicted octanol–water partition coefficient (Wildman–Crippen LogP) is 2.88. The smallest absolute Gasteiger partial charge is 0.252 e. The van der Waals surface area contributed by atoms with E-state index in [9.17, 15) is 9.59 Å². The third-order valence-electron chi connectivity index (χ3n) is 5.95. The molecular formula is C27H25N9O2. The first kappa shape index (κ1) is 24.4. The van der Waals surface area contributed by atoms with Crippen molar-refractivity contribution in [2.24, 2.45) is 5.73 Å². The Balaban J connectivity index is 1.46. The van der Waals surface area contributed by atoms with Gasteiger partial charge in [-0.3, -0.25) is 9.59 Å². The van der Waals surface area contributed by atoms with Crippen LogP contribution in [0.15, 0.2) is 85.5 Å². The summed E-state index contributed by atoms with van der Waals surface area (Å²) in [5.41, 5.74) is 9.02. The van der Waals surface area contributed by atoms with Crippen LogP contribution < -0.4 is 21.3 Å². The van der Waals surface area contributed by atoms with Crippen molar-refractivity contribution in [2.45, 2.75) is 6.04 Å². The van der Waals surface area contributed by atoms with Crippen molar-refractivity contribution in [1.82, 2.24) is 30.2 Å². The van der Waals surface area contributed by atoms with Crippen molar-refractivity contribution in [2.75, 3.05) is 23.8 Å². The molecule has 2 aromatic carbocycles. The standard InChI is InChI=1S/C27H25N9O2/c1-29-26-31-13-9-21(35-26)20-15-18(14-17-8-12-30-23(17)20)25(38)34-22(24(28)37)16-36(19-6-3-2-4-7-19)27-32-10-5-11-33-27/h2-15,22,30H,16H2,1H3,(H2,28,37)(H,34,38)(H,29,31,35)/t22-/m0/s1. The maximum absolute atomic E-state index is 13.5. The average molecular weight is 508 g/mol. The van der Waals surface area contributed by atoms with Crippen molar-refractivity contribution in [3.8, 4) is 11.3 Å². The van der Waals surface area contributed by atoms with Crippen LogP contribution in [0.3, 0.4) is 0 Å². The van der Waals surface area contributed by atoms with Crippen LogP contribution >= 0.6 is 0 Å². The van der Waals surface area contributed by atoms with E-state index in [4.69, 9.17) is 5.73 Å². The number of para-hydroxylation sites is 1. The number of benzene rings is 2. The number of aromatic nitrogens is 5. The van der Waals surface area contributed by atoms with Gasteiger partial charge in [0.15, 0.2) is 0 Å². The molecule has 11 nitrogen and oxygen atoms in total. The van der Waals surface area contributed by atoms with E-state index >= 15 is 0 Å². The van der Waals surface area contributed by atoms with E-state index in [1.807, 2.05) is 36.4 Å². The maximum atomic E-state index is 13.5. The monoisotopic (exact) mass is 507 g/mol. The Kier molecular flexibility index (Phi) is 6.89. The van der Waals surface area contributed by atoms with Crippen molar-refractivity contribution in [3.63, 3.8) is 0 Å². The highest BCUT2D eigenvalue weighted by atomic mass is 16.2. The lowest BCUT2D eigenvalue weighted by Gasteiger charge is -2.27. The highest BCUT2D eigenvalue weighted by molar-refractivity contribution is 6.04. The topological polar surface area (TPSA) is 155 Å². The van der Waals surface area contributed by atoms with E-state index < -0.39 is 17.9 Å². The zero-order valence-electron chi connectivity index (χ0n) is 20.5. The molecule has 0 spiro atoms. The number of nitrogens with one attached hydrogen (secondary N) is 3. The summed E-state index contributed by atoms with van der Waals surface area (Å²) in [7, 11) is 1.73. The Morgan fingerprint density at radius 3 is 2.53 bits per heavy atom. The van der Waals surface area contributed by atoms with E-state index in [1.54, 1.807) is 61.0 Å². The second-order valence-corrected chi connectivity index (χ2v) is 8.40. The maximum Gasteiger partial charge on any atom is 0.252 e. The molecule has 5 aromatic rings. The van der Waals surface area contributed by atoms with Gasteiger partial charge in [0.25, 0.3) is 5.91 Å². The number of hydrogen-bond donors (Lipinski definition) is 4. The molecule has 5 N–H and O–H groups in total. The fourth-order valence-corrected chi connectivity index (χ4v) is 4.11. The SMILES string of the molecule is CNc1nccc(-c2cc(C(=O)N[C@@H](CN(c3ccccc3)c3ncccn3)C(N)=O)cc3cc[nH]c23)n1. The van der Waals surface area contributed by atoms with Crippen LogP contribution in [0.1, 0.15) is 10.4 Å². The van der Waals surface area contributed by atoms with Crippen LogP contribution in [0.25, 0.3) is 22.2 Å². The number of nitrogens with two attached hydrogens (primary N) is 1. The van der Waals surface area contributed by atoms with Crippen LogP contribution in [-0.2, 0) is 4.79 Å². The third-order valence-corrected chi connectivity index (χ3v) is 5.95. The molecule has 5 rings (SSSR count). The number of hydrogen-bond acceptors (Lipinski definition) is 8. The fourth-order valence-electron chi connectivity index (χ4n) is 4.11. The van der Waals surface area contributed by atoms with E-state index in [0.717, 1.165) is 22.2 Å². The highest BCUT2D eigenvalue weighted by Gasteiger charge is 2.25. The molecular weight excluding hydrogens is 482 g/mol. The molecule has 3 heterocycles. The summed E-state index contributed by atoms with van der Waals surface area (Å²) >= 11 is 0. The highest BCUT2D eigenvalue weighted by Crippen LogP contribution is 2.29. The number of nitrogens with zero attached hydrogens (tertiary/aromatic N) is 5. The molecule has 0 radical (unpaired) electrons. The number of fused-ring (bicyclic) bond motifs is 1. The number of anilines is 3. The molecule has 3 aromatic heterocycles. The van der Waals surface area contributed by atoms with Gasteiger partial charge in [-0.25, -0.2) is 19.9 Å². The van der Waals surface area contributed by atoms with Crippen molar-refractivity contribution in [1.29, 1.82) is 0 Å². The average Bonchev–Trinajstić information content (AvgIpc) is 3.44. The first-order valence-corrected chi connectivity index (χ1v) is 11.9. The van der Waals surface area contributed by atoms with Crippen molar-refractivity contribution in [3.05, 3.63) is 91.0 Å². The molecule has 0 saturated carbocycles. The molecule has 0 fully saturated rings. The summed E-state index contributed by atoms with van der Waals surface area (Å²) in [5.74, 6) is -0.315. The van der Waals surface area contributed by atoms with Gasteiger partial charge >= 0.3 is 0 Å². The van der Waals surface area contributed by atoms with Gasteiger partial charge in [0, 0.05) is 54.0 Å². The number of H-pyrrole nitrogens is 1. The number of aromatic amines is 1. The number of amides is 2. The van der Waals surface area contributed by atoms with Gasteiger partial charge < -0.3 is 26.3 Å². The summed E-state index contributed by atoms with van der Waals surface area (Å²) < 4.78 is 0. The minimum Gasteiger partial charge on any atom is -0.368 e. The van der Waals surface area contributed by atoms with Crippen LogP contribution in [0, 0.1) is 0 Å². The zero-order chi connectivity index (χ0) is 26.5. The Hall–Kier alpha value is -5.32. The van der Waals surface area contributed by atoms with Gasteiger partial charge in [-0.15, -0.1) is 0 Å². The molecule has 0 unspecified atom stereocenters. The minimum atomic E-state index is -1.04. The second-order valence-electron chi connectivity index (χ2n) is 8.40. The number of carbonyl (C=O) groups is 2. The molecule has 0 bridgehead atoms. The Labute approximate surface area is 218 Å². The quantitative estimate of drug-likeness (QED) is 0.237. The lowest BCUT2D eigenvalue weighted by atomic mass is 10.0. The predicted molar refractivity (Wildman–Crippen MR) is 145 cm³/mol. The Morgan fingerprint density at radius 2 is 1.79 bits per heavy atom. The van der Waals surface area contributed by atoms with E-state index in [-0.39, 0.29) is 6.54 Å². The van der Waals surface area contributed by atoms with Crippen molar-refractivity contribution < 1.29 is 9.59 Å². The molecule has 190 valence electrons. The van der Waals surface area contributed by atoms with Crippen molar-refractivity contribution >= 4 is 40.3 Å². The van der Waals surface area contributed by atoms with Gasteiger partial charge in [-0.05, 0) is 42.5 Å². The van der Waals surface area contributed by atoms with Crippen LogP contribution in [0.5, 0.6) is 0 Å². The van der Waals surface area contributed by atoms with E-state index in [2.05, 4.69) is 35.6 Å². The fraction of sp³-hybridized carbons (Fsp3) is 0.111. The van der Waals surface area contributed by atoms with E-state index in [1.165, 1.54) is 0 Å². The summed E-state index contributed by atoms with van der Waals surface area (Å²) in [6.45, 7) is 0.0335. The molecule has 0 aliphatic carbocycles. The molecule has 11 heteroatoms. The number of carbonyl (C=O) groups excluding carboxylic acids is 2. The lowest BCUT2D eigenvalue weighted by molar-refractivity contribution is -0.119. The molecule has 2 amide bonds. The van der Waals surface area contributed by atoms with E-state index in [0.29, 0.717) is 23.2 Å². The molecule has 0 saturated heterocycles. The normalized spacial score (nSPS) is 11.6. The lowest BCUT2D eigenvalue weighted by Crippen LogP contribution is -2.50. The number of primary amides is 1. The van der Waals surface area contributed by atoms with Gasteiger partial charge in [0.1, 0.15) is 6.04 Å².